The summed E-state index contributed by atoms with van der Waals surface area (Å²) in [7, 11) is 0. The summed E-state index contributed by atoms with van der Waals surface area (Å²) in [6.45, 7) is 2.06. The van der Waals surface area contributed by atoms with Gasteiger partial charge in [0.05, 0.1) is 18.8 Å². The van der Waals surface area contributed by atoms with Gasteiger partial charge >= 0.3 is 0 Å². The van der Waals surface area contributed by atoms with Crippen molar-refractivity contribution in [2.75, 3.05) is 11.9 Å². The normalized spacial score (nSPS) is 12.1. The highest BCUT2D eigenvalue weighted by molar-refractivity contribution is 5.92. The highest BCUT2D eigenvalue weighted by Crippen LogP contribution is 2.12. The Bertz CT molecular complexity index is 523. The SMILES string of the molecule is C[C@H](NCC(=O)Nc1ccc(F)cc1)c1ccco1. The molecule has 0 fully saturated rings. The maximum atomic E-state index is 12.7. The van der Waals surface area contributed by atoms with Crippen LogP contribution in [0.4, 0.5) is 10.1 Å². The van der Waals surface area contributed by atoms with Gasteiger partial charge in [0, 0.05) is 5.69 Å². The quantitative estimate of drug-likeness (QED) is 0.871. The van der Waals surface area contributed by atoms with Gasteiger partial charge in [-0.25, -0.2) is 4.39 Å². The van der Waals surface area contributed by atoms with Crippen molar-refractivity contribution < 1.29 is 13.6 Å². The molecule has 1 aromatic heterocycles. The number of anilines is 1. The summed E-state index contributed by atoms with van der Waals surface area (Å²) in [6.07, 6.45) is 1.59. The van der Waals surface area contributed by atoms with Gasteiger partial charge in [0.25, 0.3) is 0 Å². The molecule has 1 heterocycles. The molecule has 1 aromatic carbocycles. The fourth-order valence-electron chi connectivity index (χ4n) is 1.62. The van der Waals surface area contributed by atoms with Crippen LogP contribution >= 0.6 is 0 Å². The van der Waals surface area contributed by atoms with Gasteiger partial charge in [-0.05, 0) is 43.3 Å². The molecule has 2 rings (SSSR count). The molecule has 0 saturated carbocycles. The van der Waals surface area contributed by atoms with Gasteiger partial charge in [-0.1, -0.05) is 0 Å². The first kappa shape index (κ1) is 13.3. The van der Waals surface area contributed by atoms with Crippen LogP contribution in [0, 0.1) is 5.82 Å². The molecule has 4 nitrogen and oxygen atoms in total. The van der Waals surface area contributed by atoms with Crippen molar-refractivity contribution in [3.8, 4) is 0 Å². The Labute approximate surface area is 110 Å². The van der Waals surface area contributed by atoms with Crippen molar-refractivity contribution in [1.82, 2.24) is 5.32 Å². The van der Waals surface area contributed by atoms with E-state index in [-0.39, 0.29) is 24.3 Å². The van der Waals surface area contributed by atoms with Gasteiger partial charge in [-0.15, -0.1) is 0 Å². The topological polar surface area (TPSA) is 54.3 Å². The number of hydrogen-bond acceptors (Lipinski definition) is 3. The number of nitrogens with one attached hydrogen (secondary N) is 2. The number of hydrogen-bond donors (Lipinski definition) is 2. The molecule has 1 amide bonds. The number of furan rings is 1. The standard InChI is InChI=1S/C14H15FN2O2/c1-10(13-3-2-8-19-13)16-9-14(18)17-12-6-4-11(15)5-7-12/h2-8,10,16H,9H2,1H3,(H,17,18)/t10-/m0/s1. The Morgan fingerprint density at radius 3 is 2.68 bits per heavy atom. The summed E-state index contributed by atoms with van der Waals surface area (Å²) in [5.74, 6) is 0.252. The number of benzene rings is 1. The van der Waals surface area contributed by atoms with E-state index in [4.69, 9.17) is 4.42 Å². The molecular weight excluding hydrogens is 247 g/mol. The summed E-state index contributed by atoms with van der Waals surface area (Å²) < 4.78 is 17.9. The van der Waals surface area contributed by atoms with Crippen LogP contribution in [0.3, 0.4) is 0 Å². The number of halogens is 1. The Hall–Kier alpha value is -2.14. The first-order chi connectivity index (χ1) is 9.15. The van der Waals surface area contributed by atoms with Crippen molar-refractivity contribution in [2.45, 2.75) is 13.0 Å². The Morgan fingerprint density at radius 1 is 1.32 bits per heavy atom. The third-order valence-corrected chi connectivity index (χ3v) is 2.67. The Morgan fingerprint density at radius 2 is 2.05 bits per heavy atom. The molecular formula is C14H15FN2O2. The van der Waals surface area contributed by atoms with Gasteiger partial charge in [-0.3, -0.25) is 10.1 Å². The first-order valence-electron chi connectivity index (χ1n) is 5.97. The Balaban J connectivity index is 1.80. The second-order valence-corrected chi connectivity index (χ2v) is 4.17. The lowest BCUT2D eigenvalue weighted by molar-refractivity contribution is -0.115. The molecule has 0 unspecified atom stereocenters. The lowest BCUT2D eigenvalue weighted by Crippen LogP contribution is -2.29. The molecule has 0 aliphatic rings. The van der Waals surface area contributed by atoms with E-state index >= 15 is 0 Å². The van der Waals surface area contributed by atoms with Gasteiger partial charge in [-0.2, -0.15) is 0 Å². The smallest absolute Gasteiger partial charge is 0.238 e. The zero-order chi connectivity index (χ0) is 13.7. The van der Waals surface area contributed by atoms with E-state index in [1.54, 1.807) is 12.3 Å². The Kier molecular flexibility index (Phi) is 4.30. The van der Waals surface area contributed by atoms with Crippen LogP contribution in [0.15, 0.2) is 47.1 Å². The second kappa shape index (κ2) is 6.15. The molecule has 0 aliphatic carbocycles. The zero-order valence-corrected chi connectivity index (χ0v) is 10.5. The van der Waals surface area contributed by atoms with Crippen molar-refractivity contribution in [2.24, 2.45) is 0 Å². The minimum absolute atomic E-state index is 0.0473. The molecule has 2 N–H and O–H groups in total. The largest absolute Gasteiger partial charge is 0.468 e. The van der Waals surface area contributed by atoms with Gasteiger partial charge in [0.15, 0.2) is 0 Å². The van der Waals surface area contributed by atoms with E-state index in [1.807, 2.05) is 13.0 Å². The summed E-state index contributed by atoms with van der Waals surface area (Å²) in [4.78, 5) is 11.7. The van der Waals surface area contributed by atoms with E-state index in [0.29, 0.717) is 5.69 Å². The summed E-state index contributed by atoms with van der Waals surface area (Å²) >= 11 is 0. The van der Waals surface area contributed by atoms with Crippen molar-refractivity contribution in [1.29, 1.82) is 0 Å². The van der Waals surface area contributed by atoms with Crippen LogP contribution in [0.1, 0.15) is 18.7 Å². The zero-order valence-electron chi connectivity index (χ0n) is 10.5. The highest BCUT2D eigenvalue weighted by atomic mass is 19.1. The predicted molar refractivity (Wildman–Crippen MR) is 70.2 cm³/mol. The number of amides is 1. The molecule has 0 spiro atoms. The molecule has 2 aromatic rings. The maximum absolute atomic E-state index is 12.7. The number of rotatable bonds is 5. The number of carbonyl (C=O) groups is 1. The van der Waals surface area contributed by atoms with E-state index < -0.39 is 0 Å². The lowest BCUT2D eigenvalue weighted by atomic mass is 10.2. The molecule has 0 bridgehead atoms. The minimum Gasteiger partial charge on any atom is -0.468 e. The molecule has 100 valence electrons. The average molecular weight is 262 g/mol. The maximum Gasteiger partial charge on any atom is 0.238 e. The monoisotopic (exact) mass is 262 g/mol. The molecule has 0 aliphatic heterocycles. The van der Waals surface area contributed by atoms with Crippen molar-refractivity contribution in [3.63, 3.8) is 0 Å². The van der Waals surface area contributed by atoms with Crippen LogP contribution in [-0.2, 0) is 4.79 Å². The fourth-order valence-corrected chi connectivity index (χ4v) is 1.62. The van der Waals surface area contributed by atoms with Crippen LogP contribution in [0.5, 0.6) is 0 Å². The molecule has 0 radical (unpaired) electrons. The molecule has 0 saturated heterocycles. The number of carbonyl (C=O) groups excluding carboxylic acids is 1. The van der Waals surface area contributed by atoms with Gasteiger partial charge in [0.2, 0.25) is 5.91 Å². The fraction of sp³-hybridized carbons (Fsp3) is 0.214. The third-order valence-electron chi connectivity index (χ3n) is 2.67. The third kappa shape index (κ3) is 3.93. The minimum atomic E-state index is -0.331. The molecule has 19 heavy (non-hydrogen) atoms. The molecule has 5 heteroatoms. The summed E-state index contributed by atoms with van der Waals surface area (Å²) in [5, 5.41) is 5.71. The summed E-state index contributed by atoms with van der Waals surface area (Å²) in [6, 6.07) is 9.23. The van der Waals surface area contributed by atoms with E-state index in [1.165, 1.54) is 24.3 Å². The predicted octanol–water partition coefficient (Wildman–Crippen LogP) is 2.71. The average Bonchev–Trinajstić information content (AvgIpc) is 2.93. The van der Waals surface area contributed by atoms with E-state index in [9.17, 15) is 9.18 Å². The van der Waals surface area contributed by atoms with Crippen molar-refractivity contribution in [3.05, 3.63) is 54.2 Å². The van der Waals surface area contributed by atoms with E-state index in [2.05, 4.69) is 10.6 Å². The van der Waals surface area contributed by atoms with Crippen LogP contribution in [-0.4, -0.2) is 12.5 Å². The molecule has 1 atom stereocenters. The van der Waals surface area contributed by atoms with Crippen molar-refractivity contribution >= 4 is 11.6 Å². The summed E-state index contributed by atoms with van der Waals surface area (Å²) in [5.41, 5.74) is 0.568. The van der Waals surface area contributed by atoms with Gasteiger partial charge < -0.3 is 9.73 Å². The van der Waals surface area contributed by atoms with Gasteiger partial charge in [0.1, 0.15) is 11.6 Å². The first-order valence-corrected chi connectivity index (χ1v) is 5.97. The highest BCUT2D eigenvalue weighted by Gasteiger charge is 2.09. The van der Waals surface area contributed by atoms with Crippen LogP contribution < -0.4 is 10.6 Å². The van der Waals surface area contributed by atoms with Crippen LogP contribution in [0.25, 0.3) is 0 Å². The van der Waals surface area contributed by atoms with E-state index in [0.717, 1.165) is 5.76 Å². The van der Waals surface area contributed by atoms with Crippen LogP contribution in [0.2, 0.25) is 0 Å². The lowest BCUT2D eigenvalue weighted by Gasteiger charge is -2.11. The second-order valence-electron chi connectivity index (χ2n) is 4.17.